The van der Waals surface area contributed by atoms with Crippen LogP contribution < -0.4 is 9.47 Å². The van der Waals surface area contributed by atoms with Gasteiger partial charge in [-0.2, -0.15) is 0 Å². The summed E-state index contributed by atoms with van der Waals surface area (Å²) in [6.45, 7) is 9.37. The summed E-state index contributed by atoms with van der Waals surface area (Å²) in [5.41, 5.74) is 5.04. The minimum atomic E-state index is -0.960. The van der Waals surface area contributed by atoms with Crippen molar-refractivity contribution in [3.05, 3.63) is 112 Å². The number of rotatable bonds is 18. The summed E-state index contributed by atoms with van der Waals surface area (Å²) >= 11 is 1.81. The van der Waals surface area contributed by atoms with Crippen LogP contribution in [0.5, 0.6) is 11.6 Å². The van der Waals surface area contributed by atoms with E-state index in [0.29, 0.717) is 32.1 Å². The third-order valence-electron chi connectivity index (χ3n) is 10.2. The molecule has 0 N–H and O–H groups in total. The summed E-state index contributed by atoms with van der Waals surface area (Å²) in [4.78, 5) is 39.7. The molecule has 0 bridgehead atoms. The molecule has 3 aromatic heterocycles. The number of unbranched alkanes of at least 4 members (excludes halogenated alkanes) is 1. The van der Waals surface area contributed by atoms with E-state index in [1.54, 1.807) is 18.0 Å². The monoisotopic (exact) mass is 796 g/mol. The van der Waals surface area contributed by atoms with E-state index in [1.807, 2.05) is 57.3 Å². The van der Waals surface area contributed by atoms with E-state index in [0.717, 1.165) is 68.2 Å². The fraction of sp³-hybridized carbons (Fsp3) is 0.419. The molecule has 13 nitrogen and oxygen atoms in total. The second-order valence-corrected chi connectivity index (χ2v) is 16.0. The van der Waals surface area contributed by atoms with Crippen LogP contribution in [0, 0.1) is 15.5 Å². The number of pyridine rings is 2. The average Bonchev–Trinajstić information content (AvgIpc) is 3.89. The Labute approximate surface area is 336 Å². The van der Waals surface area contributed by atoms with E-state index in [4.69, 9.17) is 28.5 Å². The topological polar surface area (TPSA) is 146 Å². The summed E-state index contributed by atoms with van der Waals surface area (Å²) in [6.07, 6.45) is 3.18. The lowest BCUT2D eigenvalue weighted by Crippen LogP contribution is -2.39. The first-order valence-corrected chi connectivity index (χ1v) is 20.4. The van der Waals surface area contributed by atoms with Crippen molar-refractivity contribution < 1.29 is 38.4 Å². The van der Waals surface area contributed by atoms with E-state index in [-0.39, 0.29) is 13.2 Å². The maximum Gasteiger partial charge on any atom is 0.312 e. The number of benzene rings is 2. The van der Waals surface area contributed by atoms with Crippen molar-refractivity contribution in [2.24, 2.45) is 5.41 Å². The molecule has 0 aliphatic carbocycles. The Morgan fingerprint density at radius 3 is 2.44 bits per heavy atom. The van der Waals surface area contributed by atoms with Gasteiger partial charge in [-0.3, -0.25) is 9.78 Å². The van der Waals surface area contributed by atoms with Gasteiger partial charge in [-0.25, -0.2) is 4.98 Å². The number of hydrogen-bond acceptors (Lipinski definition) is 12. The van der Waals surface area contributed by atoms with Crippen molar-refractivity contribution in [3.8, 4) is 22.8 Å². The van der Waals surface area contributed by atoms with Crippen LogP contribution in [0.3, 0.4) is 0 Å². The van der Waals surface area contributed by atoms with Crippen LogP contribution in [0.25, 0.3) is 22.0 Å². The Morgan fingerprint density at radius 2 is 1.74 bits per heavy atom. The smallest absolute Gasteiger partial charge is 0.312 e. The quantitative estimate of drug-likeness (QED) is 0.0280. The summed E-state index contributed by atoms with van der Waals surface area (Å²) in [6, 6.07) is 24.4. The minimum absolute atomic E-state index is 0.0158. The molecule has 2 fully saturated rings. The van der Waals surface area contributed by atoms with Gasteiger partial charge in [0.25, 0.3) is 5.09 Å². The minimum Gasteiger partial charge on any atom is -0.487 e. The highest BCUT2D eigenvalue weighted by Crippen LogP contribution is 2.39. The Balaban J connectivity index is 1.19. The first kappa shape index (κ1) is 40.0. The molecule has 0 radical (unpaired) electrons. The lowest BCUT2D eigenvalue weighted by Gasteiger charge is -2.27. The zero-order valence-electron chi connectivity index (χ0n) is 32.6. The predicted molar refractivity (Wildman–Crippen MR) is 215 cm³/mol. The van der Waals surface area contributed by atoms with Gasteiger partial charge in [-0.05, 0) is 80.5 Å². The molecule has 14 heteroatoms. The number of nitrogens with zero attached hydrogens (tertiary/aromatic N) is 4. The van der Waals surface area contributed by atoms with Gasteiger partial charge in [0.05, 0.1) is 36.4 Å². The van der Waals surface area contributed by atoms with E-state index in [2.05, 4.69) is 63.9 Å². The second kappa shape index (κ2) is 18.0. The lowest BCUT2D eigenvalue weighted by atomic mass is 9.87. The van der Waals surface area contributed by atoms with E-state index in [1.165, 1.54) is 0 Å². The van der Waals surface area contributed by atoms with Gasteiger partial charge in [0.15, 0.2) is 12.2 Å². The second-order valence-electron chi connectivity index (χ2n) is 14.9. The summed E-state index contributed by atoms with van der Waals surface area (Å²) < 4.78 is 31.7. The largest absolute Gasteiger partial charge is 0.487 e. The number of hydrogen-bond donors (Lipinski definition) is 0. The standard InChI is InChI=1S/C43H48N4O9S/c1-5-7-18-57-37-21-34(52-25-32-10-8-9-17-44-32)20-31-19-33(22-43(3,4)42(48)55-35-26-53-41-36(56-47(49)50)27-54-40(35)41)46(39(31)37)24-28-11-13-29(14-12-28)30-15-16-38(45-23-30)51-6-2/h8-17,19-21,23,35-36,40-41H,5-7,18,22,24-27H2,1-4H3/t35-,36+,40+,41+/m0/s1. The van der Waals surface area contributed by atoms with Crippen LogP contribution in [0.15, 0.2) is 90.1 Å². The average molecular weight is 797 g/mol. The van der Waals surface area contributed by atoms with Crippen LogP contribution in [-0.4, -0.2) is 75.6 Å². The van der Waals surface area contributed by atoms with E-state index >= 15 is 0 Å². The van der Waals surface area contributed by atoms with Gasteiger partial charge in [0.1, 0.15) is 24.6 Å². The molecule has 300 valence electrons. The van der Waals surface area contributed by atoms with Crippen molar-refractivity contribution in [1.29, 1.82) is 0 Å². The molecule has 7 rings (SSSR count). The fourth-order valence-corrected chi connectivity index (χ4v) is 8.43. The first-order valence-electron chi connectivity index (χ1n) is 19.4. The Hall–Kier alpha value is -5.18. The van der Waals surface area contributed by atoms with Crippen LogP contribution in [0.4, 0.5) is 0 Å². The molecular formula is C43H48N4O9S. The molecule has 5 aromatic rings. The third kappa shape index (κ3) is 9.52. The van der Waals surface area contributed by atoms with Crippen LogP contribution in [0.1, 0.15) is 57.5 Å². The van der Waals surface area contributed by atoms with Gasteiger partial charge in [-0.1, -0.05) is 43.7 Å². The molecule has 2 aliphatic heterocycles. The third-order valence-corrected chi connectivity index (χ3v) is 11.3. The molecule has 4 atom stereocenters. The van der Waals surface area contributed by atoms with Gasteiger partial charge in [-0.15, -0.1) is 21.9 Å². The maximum absolute atomic E-state index is 14.0. The highest BCUT2D eigenvalue weighted by atomic mass is 32.2. The number of carbonyl (C=O) groups is 1. The molecule has 0 unspecified atom stereocenters. The number of fused-ring (bicyclic) bond motifs is 2. The molecule has 0 amide bonds. The van der Waals surface area contributed by atoms with Crippen molar-refractivity contribution in [1.82, 2.24) is 14.5 Å². The highest BCUT2D eigenvalue weighted by molar-refractivity contribution is 7.99. The molecular weight excluding hydrogens is 749 g/mol. The Morgan fingerprint density at radius 1 is 0.965 bits per heavy atom. The highest BCUT2D eigenvalue weighted by Gasteiger charge is 2.52. The number of ether oxygens (including phenoxy) is 5. The summed E-state index contributed by atoms with van der Waals surface area (Å²) in [7, 11) is 0. The zero-order chi connectivity index (χ0) is 39.9. The van der Waals surface area contributed by atoms with Crippen LogP contribution in [-0.2, 0) is 43.4 Å². The van der Waals surface area contributed by atoms with Gasteiger partial charge in [0.2, 0.25) is 5.88 Å². The van der Waals surface area contributed by atoms with Crippen molar-refractivity contribution in [2.75, 3.05) is 25.6 Å². The Bertz CT molecular complexity index is 2140. The zero-order valence-corrected chi connectivity index (χ0v) is 33.4. The molecule has 2 aliphatic rings. The van der Waals surface area contributed by atoms with E-state index < -0.39 is 40.9 Å². The number of aromatic nitrogens is 3. The number of esters is 1. The van der Waals surface area contributed by atoms with Crippen LogP contribution in [0.2, 0.25) is 0 Å². The normalized spacial score (nSPS) is 19.0. The molecule has 2 saturated heterocycles. The molecule has 0 spiro atoms. The summed E-state index contributed by atoms with van der Waals surface area (Å²) in [5.74, 6) is 1.87. The van der Waals surface area contributed by atoms with Crippen molar-refractivity contribution in [3.63, 3.8) is 0 Å². The van der Waals surface area contributed by atoms with E-state index in [9.17, 15) is 14.9 Å². The fourth-order valence-electron chi connectivity index (χ4n) is 7.21. The summed E-state index contributed by atoms with van der Waals surface area (Å²) in [5, 5.41) is 11.1. The van der Waals surface area contributed by atoms with Crippen molar-refractivity contribution in [2.45, 2.75) is 89.4 Å². The molecule has 5 heterocycles. The number of carbonyl (C=O) groups excluding carboxylic acids is 1. The van der Waals surface area contributed by atoms with Gasteiger partial charge in [0, 0.05) is 53.0 Å². The lowest BCUT2D eigenvalue weighted by molar-refractivity contribution is -0.769. The van der Waals surface area contributed by atoms with Gasteiger partial charge < -0.3 is 33.1 Å². The molecule has 0 saturated carbocycles. The van der Waals surface area contributed by atoms with Crippen molar-refractivity contribution >= 4 is 28.6 Å². The van der Waals surface area contributed by atoms with Gasteiger partial charge >= 0.3 is 5.97 Å². The number of thioether (sulfide) groups is 1. The SMILES string of the molecule is CCCCSc1cc(OCc2ccccn2)cc2cc(CC(C)(C)C(=O)O[C@H]3CO[C@H]4[C@@H]3OC[C@H]4O[N+](=O)[O-])n(Cc3ccc(-c4ccc(OCC)nc4)cc3)c12. The molecule has 57 heavy (non-hydrogen) atoms. The molecule has 2 aromatic carbocycles. The Kier molecular flexibility index (Phi) is 12.6. The first-order chi connectivity index (χ1) is 27.6. The maximum atomic E-state index is 14.0. The predicted octanol–water partition coefficient (Wildman–Crippen LogP) is 7.87. The van der Waals surface area contributed by atoms with Crippen LogP contribution >= 0.6 is 11.8 Å².